The second kappa shape index (κ2) is 7.63. The number of para-hydroxylation sites is 2. The number of hydrogen-bond acceptors (Lipinski definition) is 4. The van der Waals surface area contributed by atoms with E-state index in [1.165, 1.54) is 12.1 Å². The van der Waals surface area contributed by atoms with E-state index in [1.54, 1.807) is 18.2 Å². The Morgan fingerprint density at radius 1 is 1.08 bits per heavy atom. The second-order valence-electron chi connectivity index (χ2n) is 5.29. The first kappa shape index (κ1) is 17.4. The maximum atomic E-state index is 11.9. The third-order valence-corrected chi connectivity index (χ3v) is 3.99. The van der Waals surface area contributed by atoms with Crippen molar-refractivity contribution < 1.29 is 19.1 Å². The summed E-state index contributed by atoms with van der Waals surface area (Å²) in [5, 5.41) is 5.61. The molecule has 0 radical (unpaired) electrons. The Labute approximate surface area is 154 Å². The quantitative estimate of drug-likeness (QED) is 0.802. The third kappa shape index (κ3) is 4.35. The smallest absolute Gasteiger partial charge is 0.313 e. The van der Waals surface area contributed by atoms with Gasteiger partial charge in [-0.1, -0.05) is 35.3 Å². The number of ether oxygens (including phenoxy) is 2. The van der Waals surface area contributed by atoms with Gasteiger partial charge in [0.25, 0.3) is 0 Å². The largest absolute Gasteiger partial charge is 0.486 e. The van der Waals surface area contributed by atoms with Gasteiger partial charge >= 0.3 is 11.8 Å². The summed E-state index contributed by atoms with van der Waals surface area (Å²) >= 11 is 11.7. The Balaban J connectivity index is 1.52. The van der Waals surface area contributed by atoms with Gasteiger partial charge in [0.1, 0.15) is 12.7 Å². The molecule has 130 valence electrons. The molecule has 6 nitrogen and oxygen atoms in total. The third-order valence-electron chi connectivity index (χ3n) is 3.44. The van der Waals surface area contributed by atoms with Gasteiger partial charge in [0, 0.05) is 5.02 Å². The summed E-state index contributed by atoms with van der Waals surface area (Å²) in [6.07, 6.45) is -0.384. The van der Waals surface area contributed by atoms with Gasteiger partial charge in [0.05, 0.1) is 17.3 Å². The summed E-state index contributed by atoms with van der Waals surface area (Å²) < 4.78 is 11.3. The van der Waals surface area contributed by atoms with E-state index in [-0.39, 0.29) is 24.3 Å². The second-order valence-corrected chi connectivity index (χ2v) is 6.13. The monoisotopic (exact) mass is 380 g/mol. The lowest BCUT2D eigenvalue weighted by molar-refractivity contribution is -0.136. The number of anilines is 1. The van der Waals surface area contributed by atoms with Gasteiger partial charge in [-0.15, -0.1) is 0 Å². The number of rotatable bonds is 3. The number of hydrogen-bond donors (Lipinski definition) is 2. The molecule has 25 heavy (non-hydrogen) atoms. The molecule has 2 N–H and O–H groups in total. The van der Waals surface area contributed by atoms with Crippen LogP contribution in [-0.4, -0.2) is 31.1 Å². The molecule has 0 saturated carbocycles. The van der Waals surface area contributed by atoms with E-state index in [1.807, 2.05) is 12.1 Å². The van der Waals surface area contributed by atoms with Crippen LogP contribution in [0.1, 0.15) is 0 Å². The highest BCUT2D eigenvalue weighted by molar-refractivity contribution is 6.42. The van der Waals surface area contributed by atoms with Gasteiger partial charge < -0.3 is 20.1 Å². The Hall–Kier alpha value is -2.44. The maximum Gasteiger partial charge on any atom is 0.313 e. The van der Waals surface area contributed by atoms with Gasteiger partial charge in [-0.05, 0) is 30.3 Å². The van der Waals surface area contributed by atoms with Gasteiger partial charge in [0.15, 0.2) is 11.5 Å². The number of benzene rings is 2. The fourth-order valence-corrected chi connectivity index (χ4v) is 2.68. The van der Waals surface area contributed by atoms with Crippen molar-refractivity contribution in [1.82, 2.24) is 5.32 Å². The van der Waals surface area contributed by atoms with E-state index in [2.05, 4.69) is 10.6 Å². The molecule has 2 amide bonds. The summed E-state index contributed by atoms with van der Waals surface area (Å²) in [5.41, 5.74) is 0.303. The van der Waals surface area contributed by atoms with Crippen LogP contribution < -0.4 is 20.1 Å². The van der Waals surface area contributed by atoms with Crippen LogP contribution in [0.5, 0.6) is 11.5 Å². The molecule has 0 aliphatic carbocycles. The number of fused-ring (bicyclic) bond motifs is 1. The first-order valence-electron chi connectivity index (χ1n) is 7.45. The Morgan fingerprint density at radius 2 is 1.84 bits per heavy atom. The molecule has 0 saturated heterocycles. The van der Waals surface area contributed by atoms with Crippen molar-refractivity contribution in [3.05, 3.63) is 52.5 Å². The van der Waals surface area contributed by atoms with Gasteiger partial charge in [0.2, 0.25) is 0 Å². The van der Waals surface area contributed by atoms with E-state index in [0.29, 0.717) is 22.2 Å². The summed E-state index contributed by atoms with van der Waals surface area (Å²) in [7, 11) is 0. The molecule has 2 aromatic carbocycles. The summed E-state index contributed by atoms with van der Waals surface area (Å²) in [5.74, 6) is -0.375. The van der Waals surface area contributed by atoms with Crippen LogP contribution >= 0.6 is 23.2 Å². The van der Waals surface area contributed by atoms with Crippen molar-refractivity contribution in [3.63, 3.8) is 0 Å². The zero-order valence-corrected chi connectivity index (χ0v) is 14.4. The number of nitrogens with one attached hydrogen (secondary N) is 2. The molecule has 2 aromatic rings. The summed E-state index contributed by atoms with van der Waals surface area (Å²) in [4.78, 5) is 23.9. The molecule has 0 spiro atoms. The lowest BCUT2D eigenvalue weighted by atomic mass is 10.2. The van der Waals surface area contributed by atoms with E-state index in [9.17, 15) is 9.59 Å². The first-order valence-corrected chi connectivity index (χ1v) is 8.21. The average molecular weight is 381 g/mol. The maximum absolute atomic E-state index is 11.9. The minimum atomic E-state index is -0.832. The summed E-state index contributed by atoms with van der Waals surface area (Å²) in [6.45, 7) is 0.414. The van der Waals surface area contributed by atoms with E-state index >= 15 is 0 Å². The van der Waals surface area contributed by atoms with Crippen LogP contribution in [0.2, 0.25) is 10.0 Å². The van der Waals surface area contributed by atoms with Crippen LogP contribution in [0.4, 0.5) is 5.69 Å². The fraction of sp³-hybridized carbons (Fsp3) is 0.176. The Bertz CT molecular complexity index is 813. The molecule has 0 aromatic heterocycles. The molecule has 1 unspecified atom stereocenters. The van der Waals surface area contributed by atoms with Gasteiger partial charge in [-0.3, -0.25) is 9.59 Å². The lowest BCUT2D eigenvalue weighted by Gasteiger charge is -2.26. The van der Waals surface area contributed by atoms with Crippen LogP contribution in [0.25, 0.3) is 0 Å². The normalized spacial score (nSPS) is 15.4. The van der Waals surface area contributed by atoms with Crippen LogP contribution in [0, 0.1) is 0 Å². The molecule has 8 heteroatoms. The molecule has 0 fully saturated rings. The predicted octanol–water partition coefficient (Wildman–Crippen LogP) is 2.89. The molecular weight excluding hydrogens is 367 g/mol. The van der Waals surface area contributed by atoms with Crippen molar-refractivity contribution in [2.24, 2.45) is 0 Å². The number of amides is 2. The van der Waals surface area contributed by atoms with E-state index in [0.717, 1.165) is 0 Å². The Morgan fingerprint density at radius 3 is 2.60 bits per heavy atom. The van der Waals surface area contributed by atoms with E-state index in [4.69, 9.17) is 32.7 Å². The Kier molecular flexibility index (Phi) is 5.31. The fourth-order valence-electron chi connectivity index (χ4n) is 2.22. The van der Waals surface area contributed by atoms with Gasteiger partial charge in [-0.25, -0.2) is 0 Å². The number of carbonyl (C=O) groups excluding carboxylic acids is 2. The zero-order chi connectivity index (χ0) is 17.8. The topological polar surface area (TPSA) is 76.7 Å². The van der Waals surface area contributed by atoms with Crippen LogP contribution in [-0.2, 0) is 9.59 Å². The first-order chi connectivity index (χ1) is 12.0. The minimum Gasteiger partial charge on any atom is -0.486 e. The summed E-state index contributed by atoms with van der Waals surface area (Å²) in [6, 6.07) is 11.8. The van der Waals surface area contributed by atoms with Crippen LogP contribution in [0.15, 0.2) is 42.5 Å². The molecule has 0 bridgehead atoms. The average Bonchev–Trinajstić information content (AvgIpc) is 2.61. The lowest BCUT2D eigenvalue weighted by Crippen LogP contribution is -2.44. The molecule has 1 aliphatic heterocycles. The van der Waals surface area contributed by atoms with Crippen LogP contribution in [0.3, 0.4) is 0 Å². The molecule has 1 aliphatic rings. The van der Waals surface area contributed by atoms with Crippen molar-refractivity contribution >= 4 is 40.7 Å². The highest BCUT2D eigenvalue weighted by Gasteiger charge is 2.23. The minimum absolute atomic E-state index is 0.134. The molecular formula is C17H14Cl2N2O4. The highest BCUT2D eigenvalue weighted by Crippen LogP contribution is 2.30. The van der Waals surface area contributed by atoms with E-state index < -0.39 is 11.8 Å². The molecule has 3 rings (SSSR count). The zero-order valence-electron chi connectivity index (χ0n) is 12.9. The van der Waals surface area contributed by atoms with Crippen molar-refractivity contribution in [3.8, 4) is 11.5 Å². The van der Waals surface area contributed by atoms with Crippen molar-refractivity contribution in [2.45, 2.75) is 6.10 Å². The standard InChI is InChI=1S/C17H14Cl2N2O4/c18-10-5-6-13(12(19)7-10)21-17(23)16(22)20-8-11-9-24-14-3-1-2-4-15(14)25-11/h1-7,11H,8-9H2,(H,20,22)(H,21,23). The molecule has 1 heterocycles. The predicted molar refractivity (Wildman–Crippen MR) is 94.5 cm³/mol. The number of halogens is 2. The van der Waals surface area contributed by atoms with Gasteiger partial charge in [-0.2, -0.15) is 0 Å². The van der Waals surface area contributed by atoms with Crippen molar-refractivity contribution in [2.75, 3.05) is 18.5 Å². The SMILES string of the molecule is O=C(NCC1COc2ccccc2O1)C(=O)Nc1ccc(Cl)cc1Cl. The van der Waals surface area contributed by atoms with Crippen molar-refractivity contribution in [1.29, 1.82) is 0 Å². The highest BCUT2D eigenvalue weighted by atomic mass is 35.5. The number of carbonyl (C=O) groups is 2. The molecule has 1 atom stereocenters.